The molecule has 3 aromatic rings. The molecule has 0 bridgehead atoms. The van der Waals surface area contributed by atoms with Gasteiger partial charge in [0.15, 0.2) is 0 Å². The normalized spacial score (nSPS) is 10.8. The highest BCUT2D eigenvalue weighted by Crippen LogP contribution is 2.20. The number of benzene rings is 3. The molecule has 0 aliphatic heterocycles. The highest BCUT2D eigenvalue weighted by molar-refractivity contribution is 9.10. The SMILES string of the molecule is Brc1ccc(N=Cc2ccccc2OCc2ccccc2)cc1. The van der Waals surface area contributed by atoms with Crippen molar-refractivity contribution in [3.8, 4) is 5.75 Å². The molecular weight excluding hydrogens is 350 g/mol. The van der Waals surface area contributed by atoms with Crippen molar-refractivity contribution in [3.63, 3.8) is 0 Å². The molecule has 2 nitrogen and oxygen atoms in total. The van der Waals surface area contributed by atoms with Crippen LogP contribution in [0, 0.1) is 0 Å². The summed E-state index contributed by atoms with van der Waals surface area (Å²) in [7, 11) is 0. The lowest BCUT2D eigenvalue weighted by molar-refractivity contribution is 0.306. The Labute approximate surface area is 144 Å². The standard InChI is InChI=1S/C20H16BrNO/c21-18-10-12-19(13-11-18)22-14-17-8-4-5-9-20(17)23-15-16-6-2-1-3-7-16/h1-14H,15H2. The number of hydrogen-bond donors (Lipinski definition) is 0. The minimum atomic E-state index is 0.546. The van der Waals surface area contributed by atoms with E-state index in [0.29, 0.717) is 6.61 Å². The Balaban J connectivity index is 1.73. The quantitative estimate of drug-likeness (QED) is 0.525. The molecule has 0 amide bonds. The van der Waals surface area contributed by atoms with Crippen molar-refractivity contribution >= 4 is 27.8 Å². The third kappa shape index (κ3) is 4.54. The van der Waals surface area contributed by atoms with Gasteiger partial charge in [0, 0.05) is 16.3 Å². The van der Waals surface area contributed by atoms with Crippen molar-refractivity contribution in [2.75, 3.05) is 0 Å². The van der Waals surface area contributed by atoms with Gasteiger partial charge in [0.05, 0.1) is 5.69 Å². The van der Waals surface area contributed by atoms with E-state index < -0.39 is 0 Å². The van der Waals surface area contributed by atoms with Crippen LogP contribution in [0.25, 0.3) is 0 Å². The molecule has 3 aromatic carbocycles. The molecule has 0 saturated heterocycles. The van der Waals surface area contributed by atoms with Crippen molar-refractivity contribution < 1.29 is 4.74 Å². The first-order chi connectivity index (χ1) is 11.3. The number of ether oxygens (including phenoxy) is 1. The van der Waals surface area contributed by atoms with Gasteiger partial charge in [-0.2, -0.15) is 0 Å². The van der Waals surface area contributed by atoms with Crippen LogP contribution in [0.2, 0.25) is 0 Å². The minimum Gasteiger partial charge on any atom is -0.488 e. The van der Waals surface area contributed by atoms with Gasteiger partial charge >= 0.3 is 0 Å². The van der Waals surface area contributed by atoms with Gasteiger partial charge in [-0.15, -0.1) is 0 Å². The summed E-state index contributed by atoms with van der Waals surface area (Å²) in [4.78, 5) is 4.51. The Morgan fingerprint density at radius 1 is 0.826 bits per heavy atom. The molecule has 0 spiro atoms. The molecule has 0 saturated carbocycles. The second-order valence-electron chi connectivity index (χ2n) is 5.05. The maximum Gasteiger partial charge on any atom is 0.128 e. The van der Waals surface area contributed by atoms with Crippen LogP contribution in [-0.2, 0) is 6.61 Å². The van der Waals surface area contributed by atoms with Crippen LogP contribution in [0.5, 0.6) is 5.75 Å². The highest BCUT2D eigenvalue weighted by Gasteiger charge is 2.01. The largest absolute Gasteiger partial charge is 0.488 e. The minimum absolute atomic E-state index is 0.546. The van der Waals surface area contributed by atoms with Crippen LogP contribution < -0.4 is 4.74 Å². The average Bonchev–Trinajstić information content (AvgIpc) is 2.61. The Morgan fingerprint density at radius 2 is 1.52 bits per heavy atom. The lowest BCUT2D eigenvalue weighted by Gasteiger charge is -2.09. The van der Waals surface area contributed by atoms with Gasteiger partial charge in [-0.1, -0.05) is 58.4 Å². The zero-order valence-electron chi connectivity index (χ0n) is 12.5. The molecule has 0 fully saturated rings. The number of aliphatic imine (C=N–C) groups is 1. The lowest BCUT2D eigenvalue weighted by Crippen LogP contribution is -1.97. The van der Waals surface area contributed by atoms with Crippen LogP contribution in [0.15, 0.2) is 88.3 Å². The topological polar surface area (TPSA) is 21.6 Å². The average molecular weight is 366 g/mol. The lowest BCUT2D eigenvalue weighted by atomic mass is 10.2. The number of nitrogens with zero attached hydrogens (tertiary/aromatic N) is 1. The molecule has 114 valence electrons. The van der Waals surface area contributed by atoms with E-state index in [4.69, 9.17) is 4.74 Å². The van der Waals surface area contributed by atoms with Gasteiger partial charge in [-0.25, -0.2) is 0 Å². The Morgan fingerprint density at radius 3 is 2.30 bits per heavy atom. The zero-order chi connectivity index (χ0) is 15.9. The zero-order valence-corrected chi connectivity index (χ0v) is 14.1. The fraction of sp³-hybridized carbons (Fsp3) is 0.0500. The maximum atomic E-state index is 5.93. The summed E-state index contributed by atoms with van der Waals surface area (Å²) in [5.74, 6) is 0.831. The van der Waals surface area contributed by atoms with E-state index in [1.54, 1.807) is 0 Å². The molecule has 23 heavy (non-hydrogen) atoms. The molecular formula is C20H16BrNO. The van der Waals surface area contributed by atoms with Crippen molar-refractivity contribution in [1.82, 2.24) is 0 Å². The maximum absolute atomic E-state index is 5.93. The van der Waals surface area contributed by atoms with Gasteiger partial charge in [0.1, 0.15) is 12.4 Å². The molecule has 0 heterocycles. The number of para-hydroxylation sites is 1. The van der Waals surface area contributed by atoms with E-state index in [1.165, 1.54) is 0 Å². The highest BCUT2D eigenvalue weighted by atomic mass is 79.9. The summed E-state index contributed by atoms with van der Waals surface area (Å²) in [6, 6.07) is 25.9. The van der Waals surface area contributed by atoms with Crippen molar-refractivity contribution in [2.24, 2.45) is 4.99 Å². The van der Waals surface area contributed by atoms with Crippen molar-refractivity contribution in [1.29, 1.82) is 0 Å². The van der Waals surface area contributed by atoms with E-state index in [9.17, 15) is 0 Å². The fourth-order valence-corrected chi connectivity index (χ4v) is 2.39. The summed E-state index contributed by atoms with van der Waals surface area (Å²) in [5.41, 5.74) is 3.02. The first-order valence-electron chi connectivity index (χ1n) is 7.37. The molecule has 0 aliphatic rings. The van der Waals surface area contributed by atoms with E-state index in [1.807, 2.05) is 72.9 Å². The van der Waals surface area contributed by atoms with Gasteiger partial charge in [-0.05, 0) is 42.0 Å². The Kier molecular flexibility index (Phi) is 5.22. The number of halogens is 1. The molecule has 0 radical (unpaired) electrons. The van der Waals surface area contributed by atoms with Gasteiger partial charge in [0.25, 0.3) is 0 Å². The predicted molar refractivity (Wildman–Crippen MR) is 98.6 cm³/mol. The van der Waals surface area contributed by atoms with E-state index >= 15 is 0 Å². The fourth-order valence-electron chi connectivity index (χ4n) is 2.13. The van der Waals surface area contributed by atoms with E-state index in [2.05, 4.69) is 33.1 Å². The smallest absolute Gasteiger partial charge is 0.128 e. The van der Waals surface area contributed by atoms with E-state index in [0.717, 1.165) is 27.0 Å². The summed E-state index contributed by atoms with van der Waals surface area (Å²) >= 11 is 3.42. The van der Waals surface area contributed by atoms with Crippen LogP contribution in [0.3, 0.4) is 0 Å². The summed E-state index contributed by atoms with van der Waals surface area (Å²) in [6.07, 6.45) is 1.84. The second kappa shape index (κ2) is 7.75. The second-order valence-corrected chi connectivity index (χ2v) is 5.96. The summed E-state index contributed by atoms with van der Waals surface area (Å²) < 4.78 is 6.98. The van der Waals surface area contributed by atoms with Crippen LogP contribution >= 0.6 is 15.9 Å². The van der Waals surface area contributed by atoms with Gasteiger partial charge in [0.2, 0.25) is 0 Å². The van der Waals surface area contributed by atoms with Crippen LogP contribution in [0.1, 0.15) is 11.1 Å². The predicted octanol–water partition coefficient (Wildman–Crippen LogP) is 5.78. The molecule has 0 N–H and O–H groups in total. The molecule has 0 aliphatic carbocycles. The van der Waals surface area contributed by atoms with Gasteiger partial charge in [-0.3, -0.25) is 4.99 Å². The Bertz CT molecular complexity index is 782. The number of hydrogen-bond acceptors (Lipinski definition) is 2. The molecule has 3 rings (SSSR count). The monoisotopic (exact) mass is 365 g/mol. The third-order valence-corrected chi connectivity index (χ3v) is 3.86. The Hall–Kier alpha value is -2.39. The first kappa shape index (κ1) is 15.5. The third-order valence-electron chi connectivity index (χ3n) is 3.34. The molecule has 3 heteroatoms. The van der Waals surface area contributed by atoms with Gasteiger partial charge < -0.3 is 4.74 Å². The molecule has 0 atom stereocenters. The van der Waals surface area contributed by atoms with Crippen molar-refractivity contribution in [2.45, 2.75) is 6.61 Å². The molecule has 0 unspecified atom stereocenters. The summed E-state index contributed by atoms with van der Waals surface area (Å²) in [5, 5.41) is 0. The van der Waals surface area contributed by atoms with E-state index in [-0.39, 0.29) is 0 Å². The molecule has 0 aromatic heterocycles. The first-order valence-corrected chi connectivity index (χ1v) is 8.16. The van der Waals surface area contributed by atoms with Crippen LogP contribution in [0.4, 0.5) is 5.69 Å². The summed E-state index contributed by atoms with van der Waals surface area (Å²) in [6.45, 7) is 0.546. The van der Waals surface area contributed by atoms with Crippen molar-refractivity contribution in [3.05, 3.63) is 94.5 Å². The van der Waals surface area contributed by atoms with Crippen LogP contribution in [-0.4, -0.2) is 6.21 Å². The number of rotatable bonds is 5.